The smallest absolute Gasteiger partial charge is 0.0688 e. The molecule has 0 aromatic carbocycles. The molecule has 3 nitrogen and oxygen atoms in total. The first kappa shape index (κ1) is 15.3. The Balaban J connectivity index is 1.79. The van der Waals surface area contributed by atoms with Crippen LogP contribution in [0, 0.1) is 16.7 Å². The molecule has 2 bridgehead atoms. The molecule has 0 amide bonds. The Morgan fingerprint density at radius 3 is 2.47 bits per heavy atom. The summed E-state index contributed by atoms with van der Waals surface area (Å²) in [6, 6.07) is 0. The standard InChI is InChI=1S/C16H31NO2/c1-15(2)12-6-8-16(15,3)14(10-12)19-9-7-13(18)11-17(4)5/h12-14,18H,6-11H2,1-5H3/t12-,13-,14+,16+/m0/s1. The lowest BCUT2D eigenvalue weighted by atomic mass is 9.70. The zero-order valence-corrected chi connectivity index (χ0v) is 13.3. The van der Waals surface area contributed by atoms with Crippen molar-refractivity contribution in [2.45, 2.75) is 58.7 Å². The van der Waals surface area contributed by atoms with Crippen molar-refractivity contribution < 1.29 is 9.84 Å². The fourth-order valence-corrected chi connectivity index (χ4v) is 4.24. The zero-order valence-electron chi connectivity index (χ0n) is 13.3. The molecule has 0 unspecified atom stereocenters. The number of nitrogens with zero attached hydrogens (tertiary/aromatic N) is 1. The molecule has 0 aromatic heterocycles. The summed E-state index contributed by atoms with van der Waals surface area (Å²) in [6.45, 7) is 8.64. The zero-order chi connectivity index (χ0) is 14.3. The molecular weight excluding hydrogens is 238 g/mol. The van der Waals surface area contributed by atoms with Gasteiger partial charge in [0.1, 0.15) is 0 Å². The van der Waals surface area contributed by atoms with Gasteiger partial charge in [0, 0.05) is 13.2 Å². The summed E-state index contributed by atoms with van der Waals surface area (Å²) < 4.78 is 6.15. The summed E-state index contributed by atoms with van der Waals surface area (Å²) in [6.07, 6.45) is 4.76. The fraction of sp³-hybridized carbons (Fsp3) is 1.00. The Morgan fingerprint density at radius 2 is 2.00 bits per heavy atom. The number of hydrogen-bond donors (Lipinski definition) is 1. The predicted molar refractivity (Wildman–Crippen MR) is 78.1 cm³/mol. The van der Waals surface area contributed by atoms with Gasteiger partial charge in [-0.15, -0.1) is 0 Å². The number of rotatable bonds is 6. The Bertz CT molecular complexity index is 316. The van der Waals surface area contributed by atoms with Gasteiger partial charge >= 0.3 is 0 Å². The highest BCUT2D eigenvalue weighted by Gasteiger charge is 2.61. The van der Waals surface area contributed by atoms with E-state index in [1.165, 1.54) is 19.3 Å². The molecule has 2 rings (SSSR count). The number of hydrogen-bond acceptors (Lipinski definition) is 3. The molecule has 0 aromatic rings. The van der Waals surface area contributed by atoms with Gasteiger partial charge in [-0.05, 0) is 56.5 Å². The fourth-order valence-electron chi connectivity index (χ4n) is 4.24. The van der Waals surface area contributed by atoms with Gasteiger partial charge in [-0.25, -0.2) is 0 Å². The highest BCUT2D eigenvalue weighted by atomic mass is 16.5. The molecule has 1 N–H and O–H groups in total. The molecule has 0 aliphatic heterocycles. The molecule has 0 saturated heterocycles. The van der Waals surface area contributed by atoms with Crippen molar-refractivity contribution in [2.24, 2.45) is 16.7 Å². The highest BCUT2D eigenvalue weighted by Crippen LogP contribution is 2.66. The first-order valence-electron chi connectivity index (χ1n) is 7.72. The van der Waals surface area contributed by atoms with Crippen LogP contribution in [-0.2, 0) is 4.74 Å². The van der Waals surface area contributed by atoms with Crippen LogP contribution in [-0.4, -0.2) is 49.5 Å². The van der Waals surface area contributed by atoms with Gasteiger partial charge in [-0.1, -0.05) is 20.8 Å². The molecular formula is C16H31NO2. The second kappa shape index (κ2) is 5.34. The van der Waals surface area contributed by atoms with Crippen LogP contribution in [0.15, 0.2) is 0 Å². The van der Waals surface area contributed by atoms with Crippen LogP contribution >= 0.6 is 0 Å². The molecule has 0 heterocycles. The molecule has 0 radical (unpaired) electrons. The maximum absolute atomic E-state index is 9.87. The molecule has 112 valence electrons. The van der Waals surface area contributed by atoms with Crippen LogP contribution in [0.1, 0.15) is 46.5 Å². The van der Waals surface area contributed by atoms with Crippen molar-refractivity contribution in [3.8, 4) is 0 Å². The van der Waals surface area contributed by atoms with E-state index in [4.69, 9.17) is 4.74 Å². The van der Waals surface area contributed by atoms with Crippen molar-refractivity contribution >= 4 is 0 Å². The molecule has 4 atom stereocenters. The van der Waals surface area contributed by atoms with Gasteiger partial charge in [0.2, 0.25) is 0 Å². The summed E-state index contributed by atoms with van der Waals surface area (Å²) >= 11 is 0. The number of ether oxygens (including phenoxy) is 1. The van der Waals surface area contributed by atoms with Gasteiger partial charge in [0.25, 0.3) is 0 Å². The average molecular weight is 269 g/mol. The molecule has 2 saturated carbocycles. The molecule has 2 aliphatic carbocycles. The lowest BCUT2D eigenvalue weighted by Crippen LogP contribution is -2.37. The minimum Gasteiger partial charge on any atom is -0.392 e. The van der Waals surface area contributed by atoms with E-state index in [9.17, 15) is 5.11 Å². The van der Waals surface area contributed by atoms with Gasteiger partial charge in [-0.3, -0.25) is 0 Å². The molecule has 2 fully saturated rings. The minimum absolute atomic E-state index is 0.269. The van der Waals surface area contributed by atoms with E-state index < -0.39 is 0 Å². The largest absolute Gasteiger partial charge is 0.392 e. The van der Waals surface area contributed by atoms with Crippen LogP contribution in [0.3, 0.4) is 0 Å². The number of aliphatic hydroxyl groups excluding tert-OH is 1. The Hall–Kier alpha value is -0.120. The third kappa shape index (κ3) is 2.70. The highest BCUT2D eigenvalue weighted by molar-refractivity contribution is 5.11. The minimum atomic E-state index is -0.269. The maximum atomic E-state index is 9.87. The molecule has 19 heavy (non-hydrogen) atoms. The van der Waals surface area contributed by atoms with Crippen molar-refractivity contribution in [1.82, 2.24) is 4.90 Å². The van der Waals surface area contributed by atoms with Crippen molar-refractivity contribution in [2.75, 3.05) is 27.2 Å². The summed E-state index contributed by atoms with van der Waals surface area (Å²) in [5.41, 5.74) is 0.754. The van der Waals surface area contributed by atoms with E-state index >= 15 is 0 Å². The maximum Gasteiger partial charge on any atom is 0.0688 e. The monoisotopic (exact) mass is 269 g/mol. The number of fused-ring (bicyclic) bond motifs is 2. The molecule has 0 spiro atoms. The van der Waals surface area contributed by atoms with Gasteiger partial charge < -0.3 is 14.7 Å². The molecule has 3 heteroatoms. The summed E-state index contributed by atoms with van der Waals surface area (Å²) in [4.78, 5) is 2.02. The SMILES string of the molecule is CN(C)C[C@@H](O)CCO[C@@H]1C[C@@H]2CC[C@@]1(C)C2(C)C. The second-order valence-corrected chi connectivity index (χ2v) is 7.67. The van der Waals surface area contributed by atoms with Crippen LogP contribution in [0.5, 0.6) is 0 Å². The van der Waals surface area contributed by atoms with E-state index in [0.29, 0.717) is 23.5 Å². The van der Waals surface area contributed by atoms with Crippen LogP contribution in [0.25, 0.3) is 0 Å². The van der Waals surface area contributed by atoms with Crippen LogP contribution in [0.2, 0.25) is 0 Å². The van der Waals surface area contributed by atoms with Gasteiger partial charge in [-0.2, -0.15) is 0 Å². The van der Waals surface area contributed by atoms with E-state index in [1.807, 2.05) is 19.0 Å². The quantitative estimate of drug-likeness (QED) is 0.804. The van der Waals surface area contributed by atoms with E-state index in [-0.39, 0.29) is 6.10 Å². The Kier molecular flexibility index (Phi) is 4.29. The Morgan fingerprint density at radius 1 is 1.32 bits per heavy atom. The van der Waals surface area contributed by atoms with Crippen molar-refractivity contribution in [1.29, 1.82) is 0 Å². The van der Waals surface area contributed by atoms with Crippen molar-refractivity contribution in [3.05, 3.63) is 0 Å². The topological polar surface area (TPSA) is 32.7 Å². The van der Waals surface area contributed by atoms with Gasteiger partial charge in [0.05, 0.1) is 12.2 Å². The number of aliphatic hydroxyl groups is 1. The number of likely N-dealkylation sites (N-methyl/N-ethyl adjacent to an activating group) is 1. The predicted octanol–water partition coefficient (Wildman–Crippen LogP) is 2.53. The summed E-state index contributed by atoms with van der Waals surface area (Å²) in [5, 5.41) is 9.87. The molecule has 2 aliphatic rings. The van der Waals surface area contributed by atoms with Crippen LogP contribution < -0.4 is 0 Å². The third-order valence-electron chi connectivity index (χ3n) is 6.06. The van der Waals surface area contributed by atoms with E-state index in [2.05, 4.69) is 20.8 Å². The second-order valence-electron chi connectivity index (χ2n) is 7.67. The summed E-state index contributed by atoms with van der Waals surface area (Å²) in [7, 11) is 3.98. The normalized spacial score (nSPS) is 38.1. The first-order chi connectivity index (χ1) is 8.77. The Labute approximate surface area is 118 Å². The summed E-state index contributed by atoms with van der Waals surface area (Å²) in [5.74, 6) is 0.828. The third-order valence-corrected chi connectivity index (χ3v) is 6.06. The van der Waals surface area contributed by atoms with Gasteiger partial charge in [0.15, 0.2) is 0 Å². The van der Waals surface area contributed by atoms with Crippen LogP contribution in [0.4, 0.5) is 0 Å². The first-order valence-corrected chi connectivity index (χ1v) is 7.72. The average Bonchev–Trinajstić information content (AvgIpc) is 2.60. The van der Waals surface area contributed by atoms with E-state index in [0.717, 1.165) is 18.9 Å². The van der Waals surface area contributed by atoms with E-state index in [1.54, 1.807) is 0 Å². The lowest BCUT2D eigenvalue weighted by molar-refractivity contribution is -0.0557. The van der Waals surface area contributed by atoms with Crippen molar-refractivity contribution in [3.63, 3.8) is 0 Å². The lowest BCUT2D eigenvalue weighted by Gasteiger charge is -2.39.